The lowest BCUT2D eigenvalue weighted by Gasteiger charge is -2.13. The van der Waals surface area contributed by atoms with Gasteiger partial charge in [0.1, 0.15) is 12.4 Å². The van der Waals surface area contributed by atoms with Crippen LogP contribution in [0.3, 0.4) is 0 Å². The minimum atomic E-state index is -2.44. The second-order valence-corrected chi connectivity index (χ2v) is 4.99. The van der Waals surface area contributed by atoms with Gasteiger partial charge in [0.2, 0.25) is 0 Å². The molecule has 0 fully saturated rings. The molecule has 1 aromatic carbocycles. The molecule has 0 spiro atoms. The molecular formula is C12H14BrClF2O2. The van der Waals surface area contributed by atoms with E-state index in [1.54, 1.807) is 13.2 Å². The van der Waals surface area contributed by atoms with Crippen LogP contribution < -0.4 is 4.74 Å². The van der Waals surface area contributed by atoms with E-state index < -0.39 is 13.0 Å². The summed E-state index contributed by atoms with van der Waals surface area (Å²) in [5.41, 5.74) is 0.887. The van der Waals surface area contributed by atoms with Crippen LogP contribution in [0.1, 0.15) is 17.4 Å². The summed E-state index contributed by atoms with van der Waals surface area (Å²) < 4.78 is 34.4. The lowest BCUT2D eigenvalue weighted by molar-refractivity contribution is 0.0165. The fraction of sp³-hybridized carbons (Fsp3) is 0.500. The van der Waals surface area contributed by atoms with Crippen LogP contribution in [0.5, 0.6) is 5.75 Å². The first kappa shape index (κ1) is 15.7. The van der Waals surface area contributed by atoms with Gasteiger partial charge in [-0.05, 0) is 24.1 Å². The van der Waals surface area contributed by atoms with Gasteiger partial charge >= 0.3 is 0 Å². The minimum absolute atomic E-state index is 0.205. The van der Waals surface area contributed by atoms with Crippen molar-refractivity contribution in [2.24, 2.45) is 0 Å². The molecule has 0 N–H and O–H groups in total. The second-order valence-electron chi connectivity index (χ2n) is 3.61. The lowest BCUT2D eigenvalue weighted by atomic mass is 10.1. The van der Waals surface area contributed by atoms with Crippen molar-refractivity contribution in [3.8, 4) is 5.75 Å². The van der Waals surface area contributed by atoms with Gasteiger partial charge in [-0.3, -0.25) is 0 Å². The van der Waals surface area contributed by atoms with Gasteiger partial charge in [0, 0.05) is 11.1 Å². The summed E-state index contributed by atoms with van der Waals surface area (Å²) in [6.07, 6.45) is -1.97. The minimum Gasteiger partial charge on any atom is -0.497 e. The molecule has 0 aliphatic heterocycles. The molecule has 0 aliphatic rings. The van der Waals surface area contributed by atoms with Gasteiger partial charge < -0.3 is 9.47 Å². The Morgan fingerprint density at radius 2 is 2.11 bits per heavy atom. The van der Waals surface area contributed by atoms with E-state index in [-0.39, 0.29) is 12.0 Å². The number of hydrogen-bond acceptors (Lipinski definition) is 2. The summed E-state index contributed by atoms with van der Waals surface area (Å²) in [4.78, 5) is 0. The van der Waals surface area contributed by atoms with Crippen LogP contribution in [0.4, 0.5) is 8.78 Å². The maximum Gasteiger partial charge on any atom is 0.261 e. The quantitative estimate of drug-likeness (QED) is 0.539. The van der Waals surface area contributed by atoms with Gasteiger partial charge in [-0.25, -0.2) is 8.78 Å². The molecule has 0 amide bonds. The first-order valence-corrected chi connectivity index (χ1v) is 6.61. The summed E-state index contributed by atoms with van der Waals surface area (Å²) in [6, 6.07) is 5.45. The highest BCUT2D eigenvalue weighted by molar-refractivity contribution is 9.10. The van der Waals surface area contributed by atoms with Crippen molar-refractivity contribution >= 4 is 27.5 Å². The largest absolute Gasteiger partial charge is 0.497 e. The fourth-order valence-corrected chi connectivity index (χ4v) is 2.45. The molecule has 1 aromatic rings. The van der Waals surface area contributed by atoms with E-state index in [0.717, 1.165) is 15.8 Å². The standard InChI is InChI=1S/C12H14BrClF2O2/c1-17-8-2-3-9(10(13)6-8)11(14)4-5-18-7-12(15)16/h2-3,6,11-12H,4-5,7H2,1H3. The van der Waals surface area contributed by atoms with Crippen molar-refractivity contribution in [1.82, 2.24) is 0 Å². The molecule has 0 radical (unpaired) electrons. The van der Waals surface area contributed by atoms with Gasteiger partial charge in [0.25, 0.3) is 6.43 Å². The van der Waals surface area contributed by atoms with E-state index in [2.05, 4.69) is 15.9 Å². The van der Waals surface area contributed by atoms with Crippen LogP contribution in [0.25, 0.3) is 0 Å². The Hall–Kier alpha value is -0.390. The van der Waals surface area contributed by atoms with Crippen molar-refractivity contribution in [1.29, 1.82) is 0 Å². The normalized spacial score (nSPS) is 12.8. The number of halogens is 4. The molecule has 0 aromatic heterocycles. The van der Waals surface area contributed by atoms with E-state index in [1.807, 2.05) is 12.1 Å². The summed E-state index contributed by atoms with van der Waals surface area (Å²) in [6.45, 7) is -0.343. The van der Waals surface area contributed by atoms with Gasteiger partial charge in [0.05, 0.1) is 12.5 Å². The molecule has 18 heavy (non-hydrogen) atoms. The number of alkyl halides is 3. The Morgan fingerprint density at radius 1 is 1.39 bits per heavy atom. The highest BCUT2D eigenvalue weighted by atomic mass is 79.9. The zero-order chi connectivity index (χ0) is 13.5. The number of hydrogen-bond donors (Lipinski definition) is 0. The molecule has 102 valence electrons. The summed E-state index contributed by atoms with van der Waals surface area (Å²) in [5.74, 6) is 0.725. The van der Waals surface area contributed by atoms with Crippen molar-refractivity contribution in [2.75, 3.05) is 20.3 Å². The summed E-state index contributed by atoms with van der Waals surface area (Å²) >= 11 is 9.58. The fourth-order valence-electron chi connectivity index (χ4n) is 1.40. The molecule has 0 heterocycles. The van der Waals surface area contributed by atoms with E-state index in [4.69, 9.17) is 21.1 Å². The van der Waals surface area contributed by atoms with Crippen LogP contribution in [0.2, 0.25) is 0 Å². The lowest BCUT2D eigenvalue weighted by Crippen LogP contribution is -2.07. The van der Waals surface area contributed by atoms with Gasteiger partial charge in [0.15, 0.2) is 0 Å². The Balaban J connectivity index is 2.48. The van der Waals surface area contributed by atoms with E-state index in [1.165, 1.54) is 0 Å². The maximum atomic E-state index is 11.9. The first-order chi connectivity index (χ1) is 8.54. The van der Waals surface area contributed by atoms with E-state index >= 15 is 0 Å². The average Bonchev–Trinajstić information content (AvgIpc) is 2.33. The zero-order valence-electron chi connectivity index (χ0n) is 9.84. The Labute approximate surface area is 118 Å². The SMILES string of the molecule is COc1ccc(C(Cl)CCOCC(F)F)c(Br)c1. The highest BCUT2D eigenvalue weighted by Gasteiger charge is 2.13. The molecule has 2 nitrogen and oxygen atoms in total. The van der Waals surface area contributed by atoms with Crippen LogP contribution in [0.15, 0.2) is 22.7 Å². The number of rotatable bonds is 7. The molecule has 1 atom stereocenters. The van der Waals surface area contributed by atoms with Crippen LogP contribution in [0, 0.1) is 0 Å². The predicted octanol–water partition coefficient (Wildman–Crippen LogP) is 4.41. The van der Waals surface area contributed by atoms with E-state index in [9.17, 15) is 8.78 Å². The number of methoxy groups -OCH3 is 1. The van der Waals surface area contributed by atoms with Crippen molar-refractivity contribution in [2.45, 2.75) is 18.2 Å². The molecule has 0 saturated heterocycles. The third-order valence-corrected chi connectivity index (χ3v) is 3.44. The van der Waals surface area contributed by atoms with Crippen molar-refractivity contribution in [3.63, 3.8) is 0 Å². The second kappa shape index (κ2) is 7.92. The van der Waals surface area contributed by atoms with E-state index in [0.29, 0.717) is 6.42 Å². The highest BCUT2D eigenvalue weighted by Crippen LogP contribution is 2.33. The van der Waals surface area contributed by atoms with Gasteiger partial charge in [-0.15, -0.1) is 11.6 Å². The summed E-state index contributed by atoms with van der Waals surface area (Å²) in [7, 11) is 1.58. The average molecular weight is 344 g/mol. The number of benzene rings is 1. The molecule has 6 heteroatoms. The van der Waals surface area contributed by atoms with Gasteiger partial charge in [-0.2, -0.15) is 0 Å². The summed E-state index contributed by atoms with van der Waals surface area (Å²) in [5, 5.41) is -0.289. The Morgan fingerprint density at radius 3 is 2.67 bits per heavy atom. The molecule has 0 saturated carbocycles. The Bertz CT molecular complexity index is 377. The van der Waals surface area contributed by atoms with Gasteiger partial charge in [-0.1, -0.05) is 22.0 Å². The monoisotopic (exact) mass is 342 g/mol. The van der Waals surface area contributed by atoms with Crippen LogP contribution in [-0.4, -0.2) is 26.7 Å². The third-order valence-electron chi connectivity index (χ3n) is 2.30. The molecule has 0 bridgehead atoms. The topological polar surface area (TPSA) is 18.5 Å². The van der Waals surface area contributed by atoms with Crippen LogP contribution >= 0.6 is 27.5 Å². The molecule has 0 aliphatic carbocycles. The number of ether oxygens (including phenoxy) is 2. The third kappa shape index (κ3) is 5.08. The van der Waals surface area contributed by atoms with Crippen molar-refractivity contribution in [3.05, 3.63) is 28.2 Å². The molecular weight excluding hydrogens is 329 g/mol. The maximum absolute atomic E-state index is 11.9. The molecule has 1 rings (SSSR count). The predicted molar refractivity (Wildman–Crippen MR) is 70.7 cm³/mol. The first-order valence-electron chi connectivity index (χ1n) is 5.38. The van der Waals surface area contributed by atoms with Crippen LogP contribution in [-0.2, 0) is 4.74 Å². The smallest absolute Gasteiger partial charge is 0.261 e. The van der Waals surface area contributed by atoms with Crippen molar-refractivity contribution < 1.29 is 18.3 Å². The zero-order valence-corrected chi connectivity index (χ0v) is 12.2. The molecule has 1 unspecified atom stereocenters. The Kier molecular flexibility index (Phi) is 6.89.